The fourth-order valence-electron chi connectivity index (χ4n) is 3.41. The minimum absolute atomic E-state index is 0.0145. The van der Waals surface area contributed by atoms with Gasteiger partial charge in [0.15, 0.2) is 0 Å². The van der Waals surface area contributed by atoms with Crippen LogP contribution < -0.4 is 15.0 Å². The molecule has 1 amide bonds. The van der Waals surface area contributed by atoms with E-state index in [1.165, 1.54) is 11.1 Å². The number of para-hydroxylation sites is 2. The summed E-state index contributed by atoms with van der Waals surface area (Å²) in [5.41, 5.74) is 3.59. The normalized spacial score (nSPS) is 13.1. The van der Waals surface area contributed by atoms with Gasteiger partial charge < -0.3 is 15.0 Å². The van der Waals surface area contributed by atoms with E-state index in [0.29, 0.717) is 23.1 Å². The number of anilines is 2. The Balaban J connectivity index is 1.52. The van der Waals surface area contributed by atoms with E-state index < -0.39 is 0 Å². The Morgan fingerprint density at radius 3 is 2.66 bits per heavy atom. The summed E-state index contributed by atoms with van der Waals surface area (Å²) in [5, 5.41) is 2.91. The van der Waals surface area contributed by atoms with E-state index in [9.17, 15) is 4.79 Å². The lowest BCUT2D eigenvalue weighted by atomic mass is 10.0. The summed E-state index contributed by atoms with van der Waals surface area (Å²) >= 11 is 0. The van der Waals surface area contributed by atoms with E-state index in [2.05, 4.69) is 38.4 Å². The summed E-state index contributed by atoms with van der Waals surface area (Å²) in [6, 6.07) is 17.4. The Bertz CT molecular complexity index is 1020. The van der Waals surface area contributed by atoms with Crippen LogP contribution in [-0.2, 0) is 13.0 Å². The molecule has 3 aromatic rings. The van der Waals surface area contributed by atoms with E-state index in [1.807, 2.05) is 44.2 Å². The highest BCUT2D eigenvalue weighted by Crippen LogP contribution is 2.26. The van der Waals surface area contributed by atoms with Gasteiger partial charge in [0.2, 0.25) is 5.95 Å². The van der Waals surface area contributed by atoms with Gasteiger partial charge in [0, 0.05) is 19.3 Å². The summed E-state index contributed by atoms with van der Waals surface area (Å²) in [4.78, 5) is 23.8. The smallest absolute Gasteiger partial charge is 0.274 e. The Morgan fingerprint density at radius 2 is 1.83 bits per heavy atom. The van der Waals surface area contributed by atoms with Crippen LogP contribution in [0.5, 0.6) is 5.75 Å². The SMILES string of the molecule is CC(C)Oc1ccccc1NC(=O)c1ccnc(N2CCc3ccccc3C2)n1. The molecule has 0 saturated carbocycles. The fraction of sp³-hybridized carbons (Fsp3) is 0.261. The third-order valence-corrected chi connectivity index (χ3v) is 4.79. The highest BCUT2D eigenvalue weighted by atomic mass is 16.5. The number of carbonyl (C=O) groups excluding carboxylic acids is 1. The summed E-state index contributed by atoms with van der Waals surface area (Å²) in [7, 11) is 0. The Labute approximate surface area is 170 Å². The Hall–Kier alpha value is -3.41. The molecule has 29 heavy (non-hydrogen) atoms. The van der Waals surface area contributed by atoms with Crippen LogP contribution in [0.1, 0.15) is 35.5 Å². The number of ether oxygens (including phenoxy) is 1. The molecule has 1 aliphatic heterocycles. The van der Waals surface area contributed by atoms with E-state index in [0.717, 1.165) is 19.5 Å². The summed E-state index contributed by atoms with van der Waals surface area (Å²) in [6.45, 7) is 5.47. The lowest BCUT2D eigenvalue weighted by Crippen LogP contribution is -2.32. The van der Waals surface area contributed by atoms with Gasteiger partial charge in [0.25, 0.3) is 5.91 Å². The van der Waals surface area contributed by atoms with Crippen molar-refractivity contribution in [3.8, 4) is 5.75 Å². The number of benzene rings is 2. The standard InChI is InChI=1S/C23H24N4O2/c1-16(2)29-21-10-6-5-9-19(21)25-22(28)20-11-13-24-23(26-20)27-14-12-17-7-3-4-8-18(17)15-27/h3-11,13,16H,12,14-15H2,1-2H3,(H,25,28). The molecule has 6 heteroatoms. The first kappa shape index (κ1) is 18.9. The van der Waals surface area contributed by atoms with Crippen LogP contribution >= 0.6 is 0 Å². The molecular formula is C23H24N4O2. The van der Waals surface area contributed by atoms with Crippen molar-refractivity contribution in [2.75, 3.05) is 16.8 Å². The zero-order valence-corrected chi connectivity index (χ0v) is 16.6. The molecule has 148 valence electrons. The molecular weight excluding hydrogens is 364 g/mol. The Morgan fingerprint density at radius 1 is 1.07 bits per heavy atom. The second kappa shape index (κ2) is 8.31. The lowest BCUT2D eigenvalue weighted by molar-refractivity contribution is 0.102. The number of rotatable bonds is 5. The molecule has 1 aliphatic rings. The van der Waals surface area contributed by atoms with Crippen LogP contribution in [0, 0.1) is 0 Å². The first-order valence-corrected chi connectivity index (χ1v) is 9.82. The summed E-state index contributed by atoms with van der Waals surface area (Å²) < 4.78 is 5.78. The maximum absolute atomic E-state index is 12.8. The first-order chi connectivity index (χ1) is 14.1. The second-order valence-corrected chi connectivity index (χ2v) is 7.30. The van der Waals surface area contributed by atoms with Gasteiger partial charge in [-0.2, -0.15) is 0 Å². The highest BCUT2D eigenvalue weighted by Gasteiger charge is 2.20. The first-order valence-electron chi connectivity index (χ1n) is 9.82. The second-order valence-electron chi connectivity index (χ2n) is 7.30. The predicted molar refractivity (Wildman–Crippen MR) is 113 cm³/mol. The van der Waals surface area contributed by atoms with Crippen molar-refractivity contribution < 1.29 is 9.53 Å². The van der Waals surface area contributed by atoms with E-state index in [-0.39, 0.29) is 12.0 Å². The maximum Gasteiger partial charge on any atom is 0.274 e. The van der Waals surface area contributed by atoms with Crippen LogP contribution in [0.15, 0.2) is 60.8 Å². The molecule has 1 N–H and O–H groups in total. The monoisotopic (exact) mass is 388 g/mol. The van der Waals surface area contributed by atoms with Crippen molar-refractivity contribution in [1.29, 1.82) is 0 Å². The highest BCUT2D eigenvalue weighted by molar-refractivity contribution is 6.03. The number of carbonyl (C=O) groups is 1. The quantitative estimate of drug-likeness (QED) is 0.713. The van der Waals surface area contributed by atoms with Crippen molar-refractivity contribution in [2.24, 2.45) is 0 Å². The molecule has 0 radical (unpaired) electrons. The molecule has 6 nitrogen and oxygen atoms in total. The van der Waals surface area contributed by atoms with Crippen molar-refractivity contribution >= 4 is 17.5 Å². The third-order valence-electron chi connectivity index (χ3n) is 4.79. The van der Waals surface area contributed by atoms with E-state index in [4.69, 9.17) is 4.74 Å². The number of hydrogen-bond donors (Lipinski definition) is 1. The Kier molecular flexibility index (Phi) is 5.42. The van der Waals surface area contributed by atoms with Gasteiger partial charge >= 0.3 is 0 Å². The lowest BCUT2D eigenvalue weighted by Gasteiger charge is -2.28. The van der Waals surface area contributed by atoms with Crippen molar-refractivity contribution in [1.82, 2.24) is 9.97 Å². The van der Waals surface area contributed by atoms with Gasteiger partial charge in [0.05, 0.1) is 11.8 Å². The maximum atomic E-state index is 12.8. The largest absolute Gasteiger partial charge is 0.489 e. The summed E-state index contributed by atoms with van der Waals surface area (Å²) in [5.74, 6) is 0.919. The average molecular weight is 388 g/mol. The molecule has 2 heterocycles. The zero-order chi connectivity index (χ0) is 20.2. The van der Waals surface area contributed by atoms with Crippen LogP contribution in [0.4, 0.5) is 11.6 Å². The molecule has 1 aromatic heterocycles. The van der Waals surface area contributed by atoms with Gasteiger partial charge in [-0.25, -0.2) is 9.97 Å². The molecule has 0 fully saturated rings. The van der Waals surface area contributed by atoms with Gasteiger partial charge in [-0.3, -0.25) is 4.79 Å². The topological polar surface area (TPSA) is 67.3 Å². The average Bonchev–Trinajstić information content (AvgIpc) is 2.74. The molecule has 0 spiro atoms. The molecule has 0 unspecified atom stereocenters. The number of nitrogens with one attached hydrogen (secondary N) is 1. The molecule has 4 rings (SSSR count). The van der Waals surface area contributed by atoms with Gasteiger partial charge in [0.1, 0.15) is 11.4 Å². The van der Waals surface area contributed by atoms with Crippen LogP contribution in [0.3, 0.4) is 0 Å². The van der Waals surface area contributed by atoms with Gasteiger partial charge in [-0.1, -0.05) is 36.4 Å². The predicted octanol–water partition coefficient (Wildman–Crippen LogP) is 4.08. The number of nitrogens with zero attached hydrogens (tertiary/aromatic N) is 3. The summed E-state index contributed by atoms with van der Waals surface area (Å²) in [6.07, 6.45) is 2.59. The minimum Gasteiger partial charge on any atom is -0.489 e. The number of aromatic nitrogens is 2. The molecule has 0 saturated heterocycles. The van der Waals surface area contributed by atoms with Crippen molar-refractivity contribution in [3.05, 3.63) is 77.6 Å². The zero-order valence-electron chi connectivity index (χ0n) is 16.6. The van der Waals surface area contributed by atoms with Gasteiger partial charge in [-0.15, -0.1) is 0 Å². The third kappa shape index (κ3) is 4.37. The molecule has 2 aromatic carbocycles. The van der Waals surface area contributed by atoms with Crippen LogP contribution in [0.2, 0.25) is 0 Å². The van der Waals surface area contributed by atoms with Crippen LogP contribution in [0.25, 0.3) is 0 Å². The molecule has 0 atom stereocenters. The van der Waals surface area contributed by atoms with E-state index in [1.54, 1.807) is 12.3 Å². The molecule has 0 bridgehead atoms. The number of hydrogen-bond acceptors (Lipinski definition) is 5. The van der Waals surface area contributed by atoms with Gasteiger partial charge in [-0.05, 0) is 49.6 Å². The number of amides is 1. The number of fused-ring (bicyclic) bond motifs is 1. The fourth-order valence-corrected chi connectivity index (χ4v) is 3.41. The van der Waals surface area contributed by atoms with Crippen molar-refractivity contribution in [3.63, 3.8) is 0 Å². The van der Waals surface area contributed by atoms with Crippen LogP contribution in [-0.4, -0.2) is 28.5 Å². The minimum atomic E-state index is -0.286. The van der Waals surface area contributed by atoms with E-state index >= 15 is 0 Å². The molecule has 0 aliphatic carbocycles. The van der Waals surface area contributed by atoms with Crippen molar-refractivity contribution in [2.45, 2.75) is 32.9 Å².